The summed E-state index contributed by atoms with van der Waals surface area (Å²) in [4.78, 5) is 5.13. The molecule has 3 heterocycles. The Morgan fingerprint density at radius 1 is 0.476 bits per heavy atom. The van der Waals surface area contributed by atoms with E-state index >= 15 is 0 Å². The molecular formula is C38H26N4. The molecule has 0 aliphatic carbocycles. The fourth-order valence-corrected chi connectivity index (χ4v) is 6.61. The van der Waals surface area contributed by atoms with Crippen molar-refractivity contribution in [1.82, 2.24) is 14.1 Å². The highest BCUT2D eigenvalue weighted by molar-refractivity contribution is 6.11. The highest BCUT2D eigenvalue weighted by Crippen LogP contribution is 2.43. The smallest absolute Gasteiger partial charge is 0.188 e. The van der Waals surface area contributed by atoms with Gasteiger partial charge in [0, 0.05) is 22.0 Å². The summed E-state index contributed by atoms with van der Waals surface area (Å²) in [7, 11) is 0. The number of imidazole rings is 1. The Morgan fingerprint density at radius 2 is 1.05 bits per heavy atom. The topological polar surface area (TPSA) is 34.8 Å². The number of nitrogens with one attached hydrogen (secondary N) is 1. The summed E-state index contributed by atoms with van der Waals surface area (Å²) in [5, 5.41) is 6.36. The van der Waals surface area contributed by atoms with Gasteiger partial charge < -0.3 is 9.88 Å². The quantitative estimate of drug-likeness (QED) is 0.243. The molecule has 1 aliphatic rings. The van der Waals surface area contributed by atoms with Crippen LogP contribution in [0.1, 0.15) is 6.29 Å². The molecule has 0 bridgehead atoms. The van der Waals surface area contributed by atoms with Gasteiger partial charge in [-0.05, 0) is 70.8 Å². The molecular weight excluding hydrogens is 512 g/mol. The molecule has 0 saturated carbocycles. The van der Waals surface area contributed by atoms with Gasteiger partial charge in [0.05, 0.1) is 22.1 Å². The summed E-state index contributed by atoms with van der Waals surface area (Å²) >= 11 is 0. The van der Waals surface area contributed by atoms with Crippen molar-refractivity contribution in [3.05, 3.63) is 146 Å². The Balaban J connectivity index is 1.36. The summed E-state index contributed by atoms with van der Waals surface area (Å²) in [5.74, 6) is 0.979. The molecule has 1 aliphatic heterocycles. The Hall–Kier alpha value is -5.61. The van der Waals surface area contributed by atoms with Gasteiger partial charge in [-0.25, -0.2) is 4.98 Å². The maximum Gasteiger partial charge on any atom is 0.188 e. The van der Waals surface area contributed by atoms with Gasteiger partial charge in [0.25, 0.3) is 0 Å². The summed E-state index contributed by atoms with van der Waals surface area (Å²) in [5.41, 5.74) is 11.5. The second kappa shape index (κ2) is 8.95. The summed E-state index contributed by atoms with van der Waals surface area (Å²) in [6, 6.07) is 51.9. The largest absolute Gasteiger partial charge is 0.347 e. The lowest BCUT2D eigenvalue weighted by molar-refractivity contribution is 0.520. The lowest BCUT2D eigenvalue weighted by atomic mass is 10.0. The van der Waals surface area contributed by atoms with E-state index in [-0.39, 0.29) is 6.29 Å². The van der Waals surface area contributed by atoms with Crippen molar-refractivity contribution in [3.63, 3.8) is 0 Å². The van der Waals surface area contributed by atoms with Crippen LogP contribution in [0.5, 0.6) is 0 Å². The first-order chi connectivity index (χ1) is 20.8. The van der Waals surface area contributed by atoms with Gasteiger partial charge in [-0.15, -0.1) is 0 Å². The van der Waals surface area contributed by atoms with Crippen LogP contribution in [0.4, 0.5) is 5.69 Å². The lowest BCUT2D eigenvalue weighted by Crippen LogP contribution is -2.29. The Bertz CT molecular complexity index is 2180. The Kier molecular flexibility index (Phi) is 4.93. The Labute approximate surface area is 243 Å². The number of rotatable bonds is 3. The lowest BCUT2D eigenvalue weighted by Gasteiger charge is -2.32. The van der Waals surface area contributed by atoms with Crippen LogP contribution in [0.25, 0.3) is 66.5 Å². The first-order valence-corrected chi connectivity index (χ1v) is 14.3. The maximum absolute atomic E-state index is 5.13. The predicted molar refractivity (Wildman–Crippen MR) is 174 cm³/mol. The van der Waals surface area contributed by atoms with E-state index in [0.717, 1.165) is 28.1 Å². The van der Waals surface area contributed by atoms with Crippen molar-refractivity contribution in [2.75, 3.05) is 5.32 Å². The van der Waals surface area contributed by atoms with Crippen molar-refractivity contribution in [2.45, 2.75) is 6.29 Å². The molecule has 0 fully saturated rings. The van der Waals surface area contributed by atoms with E-state index in [1.807, 2.05) is 0 Å². The van der Waals surface area contributed by atoms with Crippen molar-refractivity contribution in [3.8, 4) is 33.6 Å². The van der Waals surface area contributed by atoms with Gasteiger partial charge >= 0.3 is 0 Å². The number of para-hydroxylation sites is 3. The average Bonchev–Trinajstić information content (AvgIpc) is 3.61. The fourth-order valence-electron chi connectivity index (χ4n) is 6.61. The monoisotopic (exact) mass is 538 g/mol. The number of hydrogen-bond donors (Lipinski definition) is 1. The van der Waals surface area contributed by atoms with E-state index < -0.39 is 0 Å². The zero-order valence-corrected chi connectivity index (χ0v) is 22.8. The van der Waals surface area contributed by atoms with Crippen molar-refractivity contribution < 1.29 is 0 Å². The molecule has 8 aromatic rings. The summed E-state index contributed by atoms with van der Waals surface area (Å²) in [6.45, 7) is 0. The third kappa shape index (κ3) is 3.39. The molecule has 0 amide bonds. The molecule has 2 aromatic heterocycles. The molecule has 1 N–H and O–H groups in total. The molecule has 4 nitrogen and oxygen atoms in total. The number of anilines is 1. The van der Waals surface area contributed by atoms with Crippen LogP contribution in [0, 0.1) is 0 Å². The minimum atomic E-state index is -0.201. The van der Waals surface area contributed by atoms with Gasteiger partial charge in [-0.2, -0.15) is 0 Å². The maximum atomic E-state index is 5.13. The standard InChI is InChI=1S/C38H26N4/c1-3-11-25(12-4-1)27-19-21-34-30(23-27)31-24-28(26-13-5-2-6-14-26)20-22-35(31)41(34)38-40-32-16-8-7-15-29(32)37-39-33-17-9-10-18-36(33)42(37)38/h1-24,38,40H. The minimum Gasteiger partial charge on any atom is -0.347 e. The Morgan fingerprint density at radius 3 is 1.71 bits per heavy atom. The second-order valence-corrected chi connectivity index (χ2v) is 10.9. The van der Waals surface area contributed by atoms with Gasteiger partial charge in [-0.3, -0.25) is 4.57 Å². The van der Waals surface area contributed by atoms with Gasteiger partial charge in [0.2, 0.25) is 0 Å². The number of benzene rings is 6. The number of aromatic nitrogens is 3. The first-order valence-electron chi connectivity index (χ1n) is 14.3. The number of hydrogen-bond acceptors (Lipinski definition) is 2. The van der Waals surface area contributed by atoms with Crippen molar-refractivity contribution in [1.29, 1.82) is 0 Å². The van der Waals surface area contributed by atoms with E-state index in [9.17, 15) is 0 Å². The molecule has 9 rings (SSSR count). The molecule has 1 unspecified atom stereocenters. The van der Waals surface area contributed by atoms with E-state index in [4.69, 9.17) is 4.98 Å². The van der Waals surface area contributed by atoms with Gasteiger partial charge in [0.15, 0.2) is 6.29 Å². The third-order valence-corrected chi connectivity index (χ3v) is 8.55. The van der Waals surface area contributed by atoms with E-state index in [2.05, 4.69) is 160 Å². The fraction of sp³-hybridized carbons (Fsp3) is 0.0263. The number of nitrogens with zero attached hydrogens (tertiary/aromatic N) is 3. The molecule has 1 atom stereocenters. The molecule has 4 heteroatoms. The van der Waals surface area contributed by atoms with Crippen LogP contribution >= 0.6 is 0 Å². The SMILES string of the molecule is c1ccc(-c2ccc3c(c2)c2cc(-c4ccccc4)ccc2n3C2Nc3ccccc3-c3nc4ccccc4n32)cc1. The molecule has 0 radical (unpaired) electrons. The normalized spacial score (nSPS) is 14.1. The zero-order valence-electron chi connectivity index (χ0n) is 22.8. The molecule has 6 aromatic carbocycles. The molecule has 42 heavy (non-hydrogen) atoms. The summed E-state index contributed by atoms with van der Waals surface area (Å²) in [6.07, 6.45) is -0.201. The van der Waals surface area contributed by atoms with Gasteiger partial charge in [0.1, 0.15) is 5.82 Å². The van der Waals surface area contributed by atoms with Gasteiger partial charge in [-0.1, -0.05) is 97.1 Å². The van der Waals surface area contributed by atoms with Crippen LogP contribution in [0.15, 0.2) is 146 Å². The first kappa shape index (κ1) is 23.1. The zero-order chi connectivity index (χ0) is 27.6. The third-order valence-electron chi connectivity index (χ3n) is 8.55. The highest BCUT2D eigenvalue weighted by atomic mass is 15.4. The number of fused-ring (bicyclic) bond motifs is 8. The van der Waals surface area contributed by atoms with E-state index in [0.29, 0.717) is 0 Å². The van der Waals surface area contributed by atoms with E-state index in [1.165, 1.54) is 44.1 Å². The van der Waals surface area contributed by atoms with Crippen LogP contribution in [0.2, 0.25) is 0 Å². The molecule has 0 spiro atoms. The minimum absolute atomic E-state index is 0.201. The van der Waals surface area contributed by atoms with Crippen molar-refractivity contribution in [2.24, 2.45) is 0 Å². The van der Waals surface area contributed by atoms with E-state index in [1.54, 1.807) is 0 Å². The molecule has 198 valence electrons. The highest BCUT2D eigenvalue weighted by Gasteiger charge is 2.30. The molecule has 0 saturated heterocycles. The van der Waals surface area contributed by atoms with Crippen LogP contribution in [0.3, 0.4) is 0 Å². The van der Waals surface area contributed by atoms with Crippen LogP contribution in [-0.4, -0.2) is 14.1 Å². The second-order valence-electron chi connectivity index (χ2n) is 10.9. The van der Waals surface area contributed by atoms with Crippen molar-refractivity contribution >= 4 is 38.5 Å². The summed E-state index contributed by atoms with van der Waals surface area (Å²) < 4.78 is 4.80. The predicted octanol–water partition coefficient (Wildman–Crippen LogP) is 9.58. The van der Waals surface area contributed by atoms with Crippen LogP contribution < -0.4 is 5.32 Å². The average molecular weight is 539 g/mol. The van der Waals surface area contributed by atoms with Crippen LogP contribution in [-0.2, 0) is 0 Å².